The van der Waals surface area contributed by atoms with Crippen LogP contribution in [-0.2, 0) is 9.59 Å². The van der Waals surface area contributed by atoms with Crippen LogP contribution in [0.3, 0.4) is 0 Å². The Morgan fingerprint density at radius 2 is 1.79 bits per heavy atom. The van der Waals surface area contributed by atoms with Crippen molar-refractivity contribution in [3.8, 4) is 0 Å². The second-order valence-corrected chi connectivity index (χ2v) is 7.72. The van der Waals surface area contributed by atoms with Crippen molar-refractivity contribution in [3.05, 3.63) is 35.4 Å². The maximum absolute atomic E-state index is 12.9. The predicted octanol–water partition coefficient (Wildman–Crippen LogP) is 0.871. The van der Waals surface area contributed by atoms with E-state index in [-0.39, 0.29) is 36.9 Å². The molecule has 7 nitrogen and oxygen atoms in total. The summed E-state index contributed by atoms with van der Waals surface area (Å²) >= 11 is 0. The largest absolute Gasteiger partial charge is 0.345 e. The van der Waals surface area contributed by atoms with Crippen LogP contribution in [0.5, 0.6) is 0 Å². The minimum absolute atomic E-state index is 0.0734. The molecule has 2 fully saturated rings. The van der Waals surface area contributed by atoms with E-state index in [1.54, 1.807) is 39.0 Å². The van der Waals surface area contributed by atoms with Crippen molar-refractivity contribution in [2.45, 2.75) is 31.4 Å². The molecule has 0 spiro atoms. The molecule has 0 radical (unpaired) electrons. The Kier molecular flexibility index (Phi) is 5.49. The molecule has 1 saturated carbocycles. The van der Waals surface area contributed by atoms with Gasteiger partial charge in [0.1, 0.15) is 6.04 Å². The lowest BCUT2D eigenvalue weighted by atomic mass is 10.0. The first kappa shape index (κ1) is 19.8. The van der Waals surface area contributed by atoms with Crippen LogP contribution in [0.25, 0.3) is 0 Å². The average molecular weight is 406 g/mol. The van der Waals surface area contributed by atoms with Gasteiger partial charge in [0.25, 0.3) is 12.3 Å². The minimum atomic E-state index is -2.39. The first-order valence-electron chi connectivity index (χ1n) is 9.93. The van der Waals surface area contributed by atoms with Crippen LogP contribution in [0.1, 0.15) is 34.8 Å². The second-order valence-electron chi connectivity index (χ2n) is 7.72. The molecule has 1 N–H and O–H groups in total. The van der Waals surface area contributed by atoms with Gasteiger partial charge in [-0.15, -0.1) is 0 Å². The van der Waals surface area contributed by atoms with Crippen molar-refractivity contribution in [1.82, 2.24) is 20.0 Å². The summed E-state index contributed by atoms with van der Waals surface area (Å²) in [5.41, 5.74) is 1.22. The van der Waals surface area contributed by atoms with Crippen LogP contribution in [0.15, 0.2) is 24.3 Å². The van der Waals surface area contributed by atoms with Gasteiger partial charge in [0.05, 0.1) is 13.1 Å². The summed E-state index contributed by atoms with van der Waals surface area (Å²) in [4.78, 5) is 42.9. The number of benzene rings is 1. The average Bonchev–Trinajstić information content (AvgIpc) is 3.50. The number of carbonyl (C=O) groups is 3. The van der Waals surface area contributed by atoms with E-state index in [4.69, 9.17) is 0 Å². The van der Waals surface area contributed by atoms with Crippen LogP contribution in [-0.4, -0.2) is 84.2 Å². The monoisotopic (exact) mass is 406 g/mol. The van der Waals surface area contributed by atoms with Gasteiger partial charge in [0, 0.05) is 37.8 Å². The molecule has 0 bridgehead atoms. The number of carbonyl (C=O) groups excluding carboxylic acids is 3. The van der Waals surface area contributed by atoms with E-state index in [0.29, 0.717) is 37.3 Å². The van der Waals surface area contributed by atoms with Gasteiger partial charge in [-0.3, -0.25) is 19.3 Å². The fourth-order valence-corrected chi connectivity index (χ4v) is 4.08. The van der Waals surface area contributed by atoms with Gasteiger partial charge >= 0.3 is 0 Å². The molecule has 2 aliphatic heterocycles. The molecule has 1 aromatic carbocycles. The van der Waals surface area contributed by atoms with Crippen LogP contribution < -0.4 is 5.32 Å². The number of nitrogens with zero attached hydrogens (tertiary/aromatic N) is 3. The van der Waals surface area contributed by atoms with Crippen molar-refractivity contribution in [2.75, 3.05) is 39.3 Å². The molecule has 9 heteroatoms. The van der Waals surface area contributed by atoms with Crippen LogP contribution >= 0.6 is 0 Å². The maximum atomic E-state index is 12.9. The lowest BCUT2D eigenvalue weighted by molar-refractivity contribution is -0.135. The Bertz CT molecular complexity index is 807. The Balaban J connectivity index is 1.35. The number of halogens is 2. The third kappa shape index (κ3) is 4.10. The number of hydrogen-bond acceptors (Lipinski definition) is 4. The van der Waals surface area contributed by atoms with Crippen molar-refractivity contribution in [1.29, 1.82) is 0 Å². The van der Waals surface area contributed by atoms with Crippen LogP contribution in [0, 0.1) is 0 Å². The van der Waals surface area contributed by atoms with Crippen molar-refractivity contribution in [3.63, 3.8) is 0 Å². The summed E-state index contributed by atoms with van der Waals surface area (Å²) in [6.45, 7) is 1.05. The number of rotatable bonds is 6. The Morgan fingerprint density at radius 3 is 2.45 bits per heavy atom. The highest BCUT2D eigenvalue weighted by atomic mass is 19.3. The highest BCUT2D eigenvalue weighted by Crippen LogP contribution is 2.41. The lowest BCUT2D eigenvalue weighted by Gasteiger charge is -2.34. The standard InChI is InChI=1S/C20H24F2N4O3/c21-16(22)12-24-7-9-25(10-8-24)17(27)11-23-19(28)18-14-3-1-2-4-15(14)20(29)26(18)13-5-6-13/h1-4,13,16,18H,5-12H2,(H,23,28). The zero-order valence-corrected chi connectivity index (χ0v) is 16.0. The van der Waals surface area contributed by atoms with Crippen molar-refractivity contribution in [2.24, 2.45) is 0 Å². The summed E-state index contributed by atoms with van der Waals surface area (Å²) in [6.07, 6.45) is -0.626. The van der Waals surface area contributed by atoms with Gasteiger partial charge in [0.15, 0.2) is 0 Å². The number of alkyl halides is 2. The van der Waals surface area contributed by atoms with Gasteiger partial charge in [0.2, 0.25) is 11.8 Å². The molecule has 2 heterocycles. The molecular formula is C20H24F2N4O3. The molecule has 1 atom stereocenters. The molecule has 3 aliphatic rings. The molecule has 156 valence electrons. The molecule has 1 aromatic rings. The quantitative estimate of drug-likeness (QED) is 0.761. The molecule has 0 aromatic heterocycles. The molecule has 4 rings (SSSR count). The summed E-state index contributed by atoms with van der Waals surface area (Å²) in [5, 5.41) is 2.68. The summed E-state index contributed by atoms with van der Waals surface area (Å²) in [6, 6.07) is 6.45. The van der Waals surface area contributed by atoms with Gasteiger partial charge < -0.3 is 15.1 Å². The third-order valence-electron chi connectivity index (χ3n) is 5.72. The summed E-state index contributed by atoms with van der Waals surface area (Å²) in [5.74, 6) is -0.741. The van der Waals surface area contributed by atoms with Crippen molar-refractivity contribution < 1.29 is 23.2 Å². The summed E-state index contributed by atoms with van der Waals surface area (Å²) in [7, 11) is 0. The first-order chi connectivity index (χ1) is 14.0. The topological polar surface area (TPSA) is 73.0 Å². The molecule has 1 unspecified atom stereocenters. The van der Waals surface area contributed by atoms with Crippen molar-refractivity contribution >= 4 is 17.7 Å². The number of piperazine rings is 1. The number of nitrogens with one attached hydrogen (secondary N) is 1. The highest BCUT2D eigenvalue weighted by molar-refractivity contribution is 6.05. The van der Waals surface area contributed by atoms with E-state index < -0.39 is 12.5 Å². The predicted molar refractivity (Wildman–Crippen MR) is 100 cm³/mol. The fraction of sp³-hybridized carbons (Fsp3) is 0.550. The number of hydrogen-bond donors (Lipinski definition) is 1. The smallest absolute Gasteiger partial charge is 0.255 e. The first-order valence-corrected chi connectivity index (χ1v) is 9.93. The molecule has 1 aliphatic carbocycles. The van der Waals surface area contributed by atoms with E-state index in [1.165, 1.54) is 0 Å². The van der Waals surface area contributed by atoms with E-state index in [1.807, 2.05) is 0 Å². The second kappa shape index (κ2) is 8.06. The lowest BCUT2D eigenvalue weighted by Crippen LogP contribution is -2.52. The molecular weight excluding hydrogens is 382 g/mol. The van der Waals surface area contributed by atoms with E-state index in [9.17, 15) is 23.2 Å². The van der Waals surface area contributed by atoms with Crippen LogP contribution in [0.2, 0.25) is 0 Å². The highest BCUT2D eigenvalue weighted by Gasteiger charge is 2.47. The van der Waals surface area contributed by atoms with E-state index >= 15 is 0 Å². The molecule has 3 amide bonds. The van der Waals surface area contributed by atoms with Gasteiger partial charge in [-0.1, -0.05) is 18.2 Å². The van der Waals surface area contributed by atoms with E-state index in [2.05, 4.69) is 5.32 Å². The van der Waals surface area contributed by atoms with Gasteiger partial charge in [-0.2, -0.15) is 0 Å². The Hall–Kier alpha value is -2.55. The summed E-state index contributed by atoms with van der Waals surface area (Å²) < 4.78 is 24.9. The Labute approximate surface area is 167 Å². The third-order valence-corrected chi connectivity index (χ3v) is 5.72. The van der Waals surface area contributed by atoms with E-state index in [0.717, 1.165) is 12.8 Å². The minimum Gasteiger partial charge on any atom is -0.345 e. The zero-order chi connectivity index (χ0) is 20.5. The molecule has 29 heavy (non-hydrogen) atoms. The van der Waals surface area contributed by atoms with Crippen LogP contribution in [0.4, 0.5) is 8.78 Å². The zero-order valence-electron chi connectivity index (χ0n) is 16.0. The fourth-order valence-electron chi connectivity index (χ4n) is 4.08. The number of amides is 3. The maximum Gasteiger partial charge on any atom is 0.255 e. The van der Waals surface area contributed by atoms with Gasteiger partial charge in [-0.05, 0) is 24.5 Å². The SMILES string of the molecule is O=C(NCC(=O)N1CCN(CC(F)F)CC1)C1c2ccccc2C(=O)N1C1CC1. The Morgan fingerprint density at radius 1 is 1.10 bits per heavy atom. The normalized spacial score (nSPS) is 22.2. The van der Waals surface area contributed by atoms with Gasteiger partial charge in [-0.25, -0.2) is 8.78 Å². The molecule has 1 saturated heterocycles. The number of fused-ring (bicyclic) bond motifs is 1.